The summed E-state index contributed by atoms with van der Waals surface area (Å²) in [6.07, 6.45) is -4.84. The summed E-state index contributed by atoms with van der Waals surface area (Å²) in [7, 11) is 0. The molecule has 1 aromatic heterocycles. The lowest BCUT2D eigenvalue weighted by molar-refractivity contribution is -0.0554. The van der Waals surface area contributed by atoms with Gasteiger partial charge in [0.05, 0.1) is 12.8 Å². The van der Waals surface area contributed by atoms with Crippen molar-refractivity contribution in [3.8, 4) is 0 Å². The average Bonchev–Trinajstić information content (AvgIpc) is 2.61. The van der Waals surface area contributed by atoms with Crippen LogP contribution >= 0.6 is 0 Å². The predicted octanol–water partition coefficient (Wildman–Crippen LogP) is -2.71. The molecule has 0 bridgehead atoms. The Kier molecular flexibility index (Phi) is 3.30. The molecule has 9 heteroatoms. The van der Waals surface area contributed by atoms with Crippen LogP contribution in [0.2, 0.25) is 0 Å². The SMILES string of the molecule is O=c1[nH]c(=O)n(C2O[C@@H](CO)[C@@H](O)[C@H]2O)cc1F. The van der Waals surface area contributed by atoms with E-state index in [2.05, 4.69) is 0 Å². The summed E-state index contributed by atoms with van der Waals surface area (Å²) >= 11 is 0. The Morgan fingerprint density at radius 3 is 2.61 bits per heavy atom. The topological polar surface area (TPSA) is 125 Å². The third kappa shape index (κ3) is 1.97. The molecule has 1 unspecified atom stereocenters. The van der Waals surface area contributed by atoms with Crippen molar-refractivity contribution < 1.29 is 24.4 Å². The number of halogens is 1. The molecule has 8 nitrogen and oxygen atoms in total. The molecule has 1 aromatic rings. The molecule has 1 saturated heterocycles. The Bertz CT molecular complexity index is 555. The van der Waals surface area contributed by atoms with Gasteiger partial charge in [-0.25, -0.2) is 4.79 Å². The first kappa shape index (κ1) is 12.9. The van der Waals surface area contributed by atoms with Crippen LogP contribution in [0, 0.1) is 5.82 Å². The molecule has 2 heterocycles. The van der Waals surface area contributed by atoms with Crippen molar-refractivity contribution in [1.29, 1.82) is 0 Å². The van der Waals surface area contributed by atoms with Crippen LogP contribution in [-0.2, 0) is 4.74 Å². The van der Waals surface area contributed by atoms with Crippen molar-refractivity contribution in [3.05, 3.63) is 32.9 Å². The first-order valence-corrected chi connectivity index (χ1v) is 5.09. The second-order valence-electron chi connectivity index (χ2n) is 3.87. The van der Waals surface area contributed by atoms with Crippen LogP contribution < -0.4 is 11.2 Å². The highest BCUT2D eigenvalue weighted by molar-refractivity contribution is 4.94. The molecule has 1 fully saturated rings. The van der Waals surface area contributed by atoms with Gasteiger partial charge >= 0.3 is 5.69 Å². The normalized spacial score (nSPS) is 31.8. The Morgan fingerprint density at radius 1 is 1.39 bits per heavy atom. The van der Waals surface area contributed by atoms with E-state index in [1.807, 2.05) is 0 Å². The third-order valence-electron chi connectivity index (χ3n) is 2.72. The van der Waals surface area contributed by atoms with Gasteiger partial charge in [-0.1, -0.05) is 0 Å². The summed E-state index contributed by atoms with van der Waals surface area (Å²) in [6, 6.07) is 0. The molecule has 4 N–H and O–H groups in total. The zero-order valence-corrected chi connectivity index (χ0v) is 8.99. The quantitative estimate of drug-likeness (QED) is 0.459. The summed E-state index contributed by atoms with van der Waals surface area (Å²) in [5.41, 5.74) is -2.18. The van der Waals surface area contributed by atoms with Crippen molar-refractivity contribution in [1.82, 2.24) is 9.55 Å². The molecule has 0 spiro atoms. The van der Waals surface area contributed by atoms with Gasteiger partial charge in [-0.2, -0.15) is 4.39 Å². The van der Waals surface area contributed by atoms with E-state index in [0.717, 1.165) is 0 Å². The fourth-order valence-corrected chi connectivity index (χ4v) is 1.76. The number of rotatable bonds is 2. The first-order valence-electron chi connectivity index (χ1n) is 5.09. The van der Waals surface area contributed by atoms with Crippen LogP contribution in [0.4, 0.5) is 4.39 Å². The summed E-state index contributed by atoms with van der Waals surface area (Å²) in [5.74, 6) is -1.23. The summed E-state index contributed by atoms with van der Waals surface area (Å²) in [6.45, 7) is -0.574. The molecular weight excluding hydrogens is 251 g/mol. The van der Waals surface area contributed by atoms with Gasteiger partial charge < -0.3 is 20.1 Å². The number of aromatic amines is 1. The van der Waals surface area contributed by atoms with Gasteiger partial charge in [0.2, 0.25) is 5.82 Å². The molecule has 1 aliphatic heterocycles. The number of H-pyrrole nitrogens is 1. The Hall–Kier alpha value is -1.55. The van der Waals surface area contributed by atoms with Crippen molar-refractivity contribution in [3.63, 3.8) is 0 Å². The average molecular weight is 262 g/mol. The van der Waals surface area contributed by atoms with Gasteiger partial charge in [0.15, 0.2) is 6.23 Å². The second kappa shape index (κ2) is 4.61. The molecule has 4 atom stereocenters. The Morgan fingerprint density at radius 2 is 2.06 bits per heavy atom. The number of ether oxygens (including phenoxy) is 1. The van der Waals surface area contributed by atoms with Crippen LogP contribution in [0.1, 0.15) is 6.23 Å². The minimum Gasteiger partial charge on any atom is -0.394 e. The van der Waals surface area contributed by atoms with E-state index in [-0.39, 0.29) is 0 Å². The summed E-state index contributed by atoms with van der Waals surface area (Å²) in [5, 5.41) is 28.0. The van der Waals surface area contributed by atoms with Crippen LogP contribution in [-0.4, -0.2) is 49.8 Å². The van der Waals surface area contributed by atoms with Crippen LogP contribution in [0.5, 0.6) is 0 Å². The van der Waals surface area contributed by atoms with E-state index in [0.29, 0.717) is 10.8 Å². The van der Waals surface area contributed by atoms with Crippen molar-refractivity contribution >= 4 is 0 Å². The molecule has 1 aliphatic rings. The van der Waals surface area contributed by atoms with E-state index < -0.39 is 48.2 Å². The number of aliphatic hydroxyl groups excluding tert-OH is 3. The lowest BCUT2D eigenvalue weighted by atomic mass is 10.1. The maximum Gasteiger partial charge on any atom is 0.330 e. The Balaban J connectivity index is 2.42. The van der Waals surface area contributed by atoms with Crippen molar-refractivity contribution in [2.45, 2.75) is 24.5 Å². The maximum absolute atomic E-state index is 13.1. The van der Waals surface area contributed by atoms with E-state index in [9.17, 15) is 24.2 Å². The summed E-state index contributed by atoms with van der Waals surface area (Å²) in [4.78, 5) is 24.0. The van der Waals surface area contributed by atoms with E-state index in [4.69, 9.17) is 9.84 Å². The molecule has 2 rings (SSSR count). The fourth-order valence-electron chi connectivity index (χ4n) is 1.76. The molecule has 18 heavy (non-hydrogen) atoms. The number of hydrogen-bond donors (Lipinski definition) is 4. The lowest BCUT2D eigenvalue weighted by Crippen LogP contribution is -2.38. The smallest absolute Gasteiger partial charge is 0.330 e. The fraction of sp³-hybridized carbons (Fsp3) is 0.556. The third-order valence-corrected chi connectivity index (χ3v) is 2.72. The second-order valence-corrected chi connectivity index (χ2v) is 3.87. The number of nitrogens with one attached hydrogen (secondary N) is 1. The molecular formula is C9H11FN2O6. The molecule has 0 aromatic carbocycles. The highest BCUT2D eigenvalue weighted by Gasteiger charge is 2.43. The van der Waals surface area contributed by atoms with Crippen LogP contribution in [0.25, 0.3) is 0 Å². The zero-order chi connectivity index (χ0) is 13.4. The molecule has 0 aliphatic carbocycles. The number of hydrogen-bond acceptors (Lipinski definition) is 6. The van der Waals surface area contributed by atoms with Crippen LogP contribution in [0.15, 0.2) is 15.8 Å². The first-order chi connectivity index (χ1) is 8.45. The van der Waals surface area contributed by atoms with E-state index in [1.165, 1.54) is 0 Å². The van der Waals surface area contributed by atoms with Crippen molar-refractivity contribution in [2.24, 2.45) is 0 Å². The zero-order valence-electron chi connectivity index (χ0n) is 8.99. The predicted molar refractivity (Wildman–Crippen MR) is 54.3 cm³/mol. The standard InChI is InChI=1S/C9H11FN2O6/c10-3-1-12(9(17)11-7(3)16)8-6(15)5(14)4(2-13)18-8/h1,4-6,8,13-15H,2H2,(H,11,16,17)/t4-,5+,6+,8?/m0/s1. The number of aromatic nitrogens is 2. The minimum absolute atomic E-state index is 0.571. The van der Waals surface area contributed by atoms with Gasteiger partial charge in [0.25, 0.3) is 5.56 Å². The largest absolute Gasteiger partial charge is 0.394 e. The highest BCUT2D eigenvalue weighted by Crippen LogP contribution is 2.27. The Labute approximate surface area is 98.9 Å². The number of nitrogens with zero attached hydrogens (tertiary/aromatic N) is 1. The van der Waals surface area contributed by atoms with E-state index >= 15 is 0 Å². The van der Waals surface area contributed by atoms with Gasteiger partial charge in [-0.3, -0.25) is 14.3 Å². The van der Waals surface area contributed by atoms with Gasteiger partial charge in [0, 0.05) is 0 Å². The highest BCUT2D eigenvalue weighted by atomic mass is 19.1. The molecule has 0 radical (unpaired) electrons. The molecule has 0 saturated carbocycles. The lowest BCUT2D eigenvalue weighted by Gasteiger charge is -2.16. The van der Waals surface area contributed by atoms with E-state index in [1.54, 1.807) is 4.98 Å². The van der Waals surface area contributed by atoms with Gasteiger partial charge in [-0.15, -0.1) is 0 Å². The van der Waals surface area contributed by atoms with Crippen molar-refractivity contribution in [2.75, 3.05) is 6.61 Å². The maximum atomic E-state index is 13.1. The number of aliphatic hydroxyl groups is 3. The summed E-state index contributed by atoms with van der Waals surface area (Å²) < 4.78 is 18.7. The molecule has 100 valence electrons. The monoisotopic (exact) mass is 262 g/mol. The van der Waals surface area contributed by atoms with Gasteiger partial charge in [-0.05, 0) is 0 Å². The van der Waals surface area contributed by atoms with Crippen LogP contribution in [0.3, 0.4) is 0 Å². The van der Waals surface area contributed by atoms with Gasteiger partial charge in [0.1, 0.15) is 18.3 Å². The minimum atomic E-state index is -1.52. The molecule has 0 amide bonds.